The van der Waals surface area contributed by atoms with Gasteiger partial charge < -0.3 is 9.73 Å². The first-order valence-electron chi connectivity index (χ1n) is 4.47. The van der Waals surface area contributed by atoms with Crippen molar-refractivity contribution in [3.63, 3.8) is 0 Å². The minimum atomic E-state index is 0.582. The molecule has 0 spiro atoms. The van der Waals surface area contributed by atoms with E-state index < -0.39 is 0 Å². The van der Waals surface area contributed by atoms with Crippen molar-refractivity contribution in [2.75, 3.05) is 12.4 Å². The molecule has 2 aromatic heterocycles. The highest BCUT2D eigenvalue weighted by Gasteiger charge is 2.12. The molecule has 5 heteroatoms. The maximum Gasteiger partial charge on any atom is 0.223 e. The summed E-state index contributed by atoms with van der Waals surface area (Å²) in [5.41, 5.74) is 1.77. The van der Waals surface area contributed by atoms with Crippen molar-refractivity contribution in [1.82, 2.24) is 9.97 Å². The molecule has 2 heterocycles. The summed E-state index contributed by atoms with van der Waals surface area (Å²) < 4.78 is 6.26. The number of rotatable bonds is 2. The Morgan fingerprint density at radius 3 is 2.87 bits per heavy atom. The van der Waals surface area contributed by atoms with Crippen molar-refractivity contribution in [3.05, 3.63) is 28.6 Å². The van der Waals surface area contributed by atoms with Crippen LogP contribution in [-0.4, -0.2) is 17.0 Å². The van der Waals surface area contributed by atoms with Crippen LogP contribution in [0, 0.1) is 6.92 Å². The van der Waals surface area contributed by atoms with Crippen LogP contribution in [0.4, 0.5) is 5.95 Å². The second-order valence-electron chi connectivity index (χ2n) is 3.07. The van der Waals surface area contributed by atoms with Gasteiger partial charge in [0, 0.05) is 13.2 Å². The van der Waals surface area contributed by atoms with E-state index >= 15 is 0 Å². The molecule has 0 saturated carbocycles. The van der Waals surface area contributed by atoms with E-state index in [1.54, 1.807) is 19.5 Å². The first kappa shape index (κ1) is 10.2. The number of hydrogen-bond donors (Lipinski definition) is 1. The summed E-state index contributed by atoms with van der Waals surface area (Å²) in [5.74, 6) is 1.31. The Balaban J connectivity index is 2.56. The molecule has 2 rings (SSSR count). The van der Waals surface area contributed by atoms with Gasteiger partial charge in [0.15, 0.2) is 5.76 Å². The fourth-order valence-corrected chi connectivity index (χ4v) is 1.64. The van der Waals surface area contributed by atoms with Crippen LogP contribution in [0.3, 0.4) is 0 Å². The molecule has 0 saturated heterocycles. The Hall–Kier alpha value is -1.36. The highest BCUT2D eigenvalue weighted by atomic mass is 79.9. The molecule has 0 aliphatic carbocycles. The van der Waals surface area contributed by atoms with Gasteiger partial charge in [-0.15, -0.1) is 0 Å². The van der Waals surface area contributed by atoms with E-state index in [0.717, 1.165) is 21.5 Å². The van der Waals surface area contributed by atoms with Crippen LogP contribution in [0.2, 0.25) is 0 Å². The number of nitrogens with one attached hydrogen (secondary N) is 1. The molecular weight excluding hydrogens is 258 g/mol. The highest BCUT2D eigenvalue weighted by Crippen LogP contribution is 2.30. The summed E-state index contributed by atoms with van der Waals surface area (Å²) in [6.45, 7) is 1.95. The van der Waals surface area contributed by atoms with Crippen molar-refractivity contribution in [2.24, 2.45) is 0 Å². The molecule has 1 N–H and O–H groups in total. The van der Waals surface area contributed by atoms with Crippen LogP contribution in [0.5, 0.6) is 0 Å². The van der Waals surface area contributed by atoms with Crippen molar-refractivity contribution in [2.45, 2.75) is 6.92 Å². The minimum absolute atomic E-state index is 0.582. The van der Waals surface area contributed by atoms with E-state index in [0.29, 0.717) is 5.95 Å². The Labute approximate surface area is 95.9 Å². The van der Waals surface area contributed by atoms with Gasteiger partial charge in [-0.2, -0.15) is 0 Å². The van der Waals surface area contributed by atoms with Crippen LogP contribution >= 0.6 is 15.9 Å². The number of furan rings is 1. The van der Waals surface area contributed by atoms with E-state index in [9.17, 15) is 0 Å². The lowest BCUT2D eigenvalue weighted by Gasteiger charge is -2.04. The van der Waals surface area contributed by atoms with Gasteiger partial charge in [-0.25, -0.2) is 9.97 Å². The Bertz CT molecular complexity index is 481. The third-order valence-electron chi connectivity index (χ3n) is 2.03. The molecule has 0 fully saturated rings. The maximum atomic E-state index is 5.37. The number of nitrogens with zero attached hydrogens (tertiary/aromatic N) is 2. The second-order valence-corrected chi connectivity index (χ2v) is 3.93. The predicted molar refractivity (Wildman–Crippen MR) is 61.7 cm³/mol. The Morgan fingerprint density at radius 1 is 1.47 bits per heavy atom. The van der Waals surface area contributed by atoms with Gasteiger partial charge in [0.05, 0.1) is 10.7 Å². The normalized spacial score (nSPS) is 10.3. The van der Waals surface area contributed by atoms with Crippen molar-refractivity contribution in [1.29, 1.82) is 0 Å². The average Bonchev–Trinajstić information content (AvgIpc) is 2.65. The van der Waals surface area contributed by atoms with Crippen LogP contribution in [0.1, 0.15) is 5.56 Å². The summed E-state index contributed by atoms with van der Waals surface area (Å²) in [4.78, 5) is 8.47. The second kappa shape index (κ2) is 4.02. The van der Waals surface area contributed by atoms with E-state index in [-0.39, 0.29) is 0 Å². The Morgan fingerprint density at radius 2 is 2.27 bits per heavy atom. The zero-order valence-corrected chi connectivity index (χ0v) is 10.00. The number of aromatic nitrogens is 2. The molecule has 4 nitrogen and oxygen atoms in total. The van der Waals surface area contributed by atoms with Crippen molar-refractivity contribution >= 4 is 21.9 Å². The summed E-state index contributed by atoms with van der Waals surface area (Å²) in [5, 5.41) is 2.90. The van der Waals surface area contributed by atoms with Crippen LogP contribution in [0.25, 0.3) is 11.5 Å². The zero-order chi connectivity index (χ0) is 10.8. The molecule has 2 aromatic rings. The zero-order valence-electron chi connectivity index (χ0n) is 8.41. The van der Waals surface area contributed by atoms with E-state index in [4.69, 9.17) is 4.42 Å². The highest BCUT2D eigenvalue weighted by molar-refractivity contribution is 9.10. The van der Waals surface area contributed by atoms with Crippen LogP contribution < -0.4 is 5.32 Å². The van der Waals surface area contributed by atoms with Gasteiger partial charge in [0.25, 0.3) is 0 Å². The lowest BCUT2D eigenvalue weighted by molar-refractivity contribution is 0.578. The fraction of sp³-hybridized carbons (Fsp3) is 0.200. The predicted octanol–water partition coefficient (Wildman–Crippen LogP) is 2.85. The average molecular weight is 268 g/mol. The van der Waals surface area contributed by atoms with Gasteiger partial charge in [-0.1, -0.05) is 0 Å². The molecule has 0 aliphatic heterocycles. The Kier molecular flexibility index (Phi) is 2.73. The smallest absolute Gasteiger partial charge is 0.223 e. The topological polar surface area (TPSA) is 51.0 Å². The maximum absolute atomic E-state index is 5.37. The standard InChI is InChI=1S/C10H10BrN3O/c1-6-5-13-10(12-2)14-8(6)9-7(11)3-4-15-9/h3-5H,1-2H3,(H,12,13,14). The molecule has 0 unspecified atom stereocenters. The summed E-state index contributed by atoms with van der Waals surface area (Å²) in [6, 6.07) is 1.84. The van der Waals surface area contributed by atoms with Crippen LogP contribution in [0.15, 0.2) is 27.4 Å². The number of anilines is 1. The molecule has 15 heavy (non-hydrogen) atoms. The molecule has 0 aromatic carbocycles. The summed E-state index contributed by atoms with van der Waals surface area (Å²) in [6.07, 6.45) is 3.39. The number of aryl methyl sites for hydroxylation is 1. The van der Waals surface area contributed by atoms with E-state index in [1.807, 2.05) is 13.0 Å². The molecule has 0 radical (unpaired) electrons. The first-order chi connectivity index (χ1) is 7.22. The van der Waals surface area contributed by atoms with Crippen molar-refractivity contribution < 1.29 is 4.42 Å². The molecule has 0 aliphatic rings. The van der Waals surface area contributed by atoms with Crippen molar-refractivity contribution in [3.8, 4) is 11.5 Å². The van der Waals surface area contributed by atoms with E-state index in [1.165, 1.54) is 0 Å². The monoisotopic (exact) mass is 267 g/mol. The number of halogens is 1. The van der Waals surface area contributed by atoms with Gasteiger partial charge in [-0.05, 0) is 34.5 Å². The lowest BCUT2D eigenvalue weighted by Crippen LogP contribution is -1.98. The van der Waals surface area contributed by atoms with Gasteiger partial charge in [-0.3, -0.25) is 0 Å². The molecule has 78 valence electrons. The van der Waals surface area contributed by atoms with Gasteiger partial charge in [0.1, 0.15) is 5.69 Å². The minimum Gasteiger partial charge on any atom is -0.461 e. The number of hydrogen-bond acceptors (Lipinski definition) is 4. The van der Waals surface area contributed by atoms with Gasteiger partial charge in [0.2, 0.25) is 5.95 Å². The molecule has 0 atom stereocenters. The van der Waals surface area contributed by atoms with E-state index in [2.05, 4.69) is 31.2 Å². The third-order valence-corrected chi connectivity index (χ3v) is 2.65. The fourth-order valence-electron chi connectivity index (χ4n) is 1.26. The molecular formula is C10H10BrN3O. The largest absolute Gasteiger partial charge is 0.461 e. The third kappa shape index (κ3) is 1.87. The van der Waals surface area contributed by atoms with Gasteiger partial charge >= 0.3 is 0 Å². The lowest BCUT2D eigenvalue weighted by atomic mass is 10.2. The molecule has 0 bridgehead atoms. The SMILES string of the molecule is CNc1ncc(C)c(-c2occc2Br)n1. The summed E-state index contributed by atoms with van der Waals surface area (Å²) in [7, 11) is 1.78. The quantitative estimate of drug-likeness (QED) is 0.909. The first-order valence-corrected chi connectivity index (χ1v) is 5.26. The summed E-state index contributed by atoms with van der Waals surface area (Å²) >= 11 is 3.41. The molecule has 0 amide bonds. The van der Waals surface area contributed by atoms with Crippen LogP contribution in [-0.2, 0) is 0 Å².